The van der Waals surface area contributed by atoms with Gasteiger partial charge in [-0.2, -0.15) is 5.10 Å². The number of carbonyl (C=O) groups excluding carboxylic acids is 1. The van der Waals surface area contributed by atoms with Gasteiger partial charge in [-0.1, -0.05) is 30.3 Å². The molecule has 0 spiro atoms. The maximum absolute atomic E-state index is 12.3. The van der Waals surface area contributed by atoms with Crippen molar-refractivity contribution >= 4 is 16.9 Å². The van der Waals surface area contributed by atoms with Gasteiger partial charge in [-0.25, -0.2) is 9.67 Å². The summed E-state index contributed by atoms with van der Waals surface area (Å²) in [6.07, 6.45) is 3.79. The number of benzene rings is 1. The third kappa shape index (κ3) is 3.73. The van der Waals surface area contributed by atoms with Gasteiger partial charge in [-0.3, -0.25) is 4.79 Å². The molecule has 1 amide bonds. The highest BCUT2D eigenvalue weighted by Gasteiger charge is 2.14. The smallest absolute Gasteiger partial charge is 0.252 e. The van der Waals surface area contributed by atoms with Crippen LogP contribution >= 0.6 is 0 Å². The lowest BCUT2D eigenvalue weighted by Crippen LogP contribution is -2.28. The lowest BCUT2D eigenvalue weighted by molar-refractivity contribution is 0.0901. The molecule has 2 N–H and O–H groups in total. The van der Waals surface area contributed by atoms with Gasteiger partial charge in [0.2, 0.25) is 0 Å². The van der Waals surface area contributed by atoms with Crippen LogP contribution in [0.4, 0.5) is 0 Å². The molecule has 0 aliphatic heterocycles. The van der Waals surface area contributed by atoms with Gasteiger partial charge in [-0.05, 0) is 23.8 Å². The molecule has 1 unspecified atom stereocenters. The summed E-state index contributed by atoms with van der Waals surface area (Å²) in [7, 11) is 0. The van der Waals surface area contributed by atoms with Crippen molar-refractivity contribution in [2.24, 2.45) is 0 Å². The van der Waals surface area contributed by atoms with Gasteiger partial charge in [0.25, 0.3) is 5.91 Å². The molecule has 0 aliphatic carbocycles. The first-order valence-corrected chi connectivity index (χ1v) is 8.56. The number of rotatable bonds is 6. The summed E-state index contributed by atoms with van der Waals surface area (Å²) in [4.78, 5) is 16.7. The van der Waals surface area contributed by atoms with Crippen LogP contribution in [-0.4, -0.2) is 32.3 Å². The fourth-order valence-corrected chi connectivity index (χ4v) is 2.84. The van der Waals surface area contributed by atoms with Crippen LogP contribution in [0.5, 0.6) is 0 Å². The van der Waals surface area contributed by atoms with Gasteiger partial charge < -0.3 is 14.8 Å². The monoisotopic (exact) mass is 362 g/mol. The second-order valence-electron chi connectivity index (χ2n) is 6.17. The molecule has 4 aromatic rings. The minimum atomic E-state index is -0.894. The maximum atomic E-state index is 12.3. The van der Waals surface area contributed by atoms with E-state index in [1.807, 2.05) is 30.3 Å². The van der Waals surface area contributed by atoms with Crippen LogP contribution in [0, 0.1) is 0 Å². The van der Waals surface area contributed by atoms with E-state index in [2.05, 4.69) is 15.4 Å². The van der Waals surface area contributed by atoms with E-state index in [9.17, 15) is 9.90 Å². The molecule has 136 valence electrons. The Labute approximate surface area is 155 Å². The van der Waals surface area contributed by atoms with Gasteiger partial charge >= 0.3 is 0 Å². The van der Waals surface area contributed by atoms with Gasteiger partial charge in [0, 0.05) is 11.6 Å². The Kier molecular flexibility index (Phi) is 4.67. The van der Waals surface area contributed by atoms with Crippen molar-refractivity contribution in [3.63, 3.8) is 0 Å². The van der Waals surface area contributed by atoms with Crippen LogP contribution in [-0.2, 0) is 6.54 Å². The first-order valence-electron chi connectivity index (χ1n) is 8.56. The zero-order chi connectivity index (χ0) is 18.6. The Morgan fingerprint density at radius 3 is 2.81 bits per heavy atom. The van der Waals surface area contributed by atoms with Crippen molar-refractivity contribution in [3.05, 3.63) is 84.1 Å². The lowest BCUT2D eigenvalue weighted by atomic mass is 10.2. The molecular formula is C20H18N4O3. The SMILES string of the molecule is O=C(NCC(O)c1ccco1)c1cnc2c(cnn2Cc2ccccc2)c1. The van der Waals surface area contributed by atoms with E-state index in [1.54, 1.807) is 29.1 Å². The summed E-state index contributed by atoms with van der Waals surface area (Å²) in [5.41, 5.74) is 2.25. The summed E-state index contributed by atoms with van der Waals surface area (Å²) in [5.74, 6) is 0.0943. The van der Waals surface area contributed by atoms with Crippen molar-refractivity contribution in [2.45, 2.75) is 12.6 Å². The zero-order valence-electron chi connectivity index (χ0n) is 14.4. The van der Waals surface area contributed by atoms with Crippen LogP contribution in [0.25, 0.3) is 11.0 Å². The highest BCUT2D eigenvalue weighted by atomic mass is 16.4. The molecule has 1 aromatic carbocycles. The summed E-state index contributed by atoms with van der Waals surface area (Å²) in [5, 5.41) is 17.8. The van der Waals surface area contributed by atoms with Crippen molar-refractivity contribution in [1.82, 2.24) is 20.1 Å². The minimum Gasteiger partial charge on any atom is -0.467 e. The predicted molar refractivity (Wildman–Crippen MR) is 99.1 cm³/mol. The highest BCUT2D eigenvalue weighted by molar-refractivity contribution is 5.96. The van der Waals surface area contributed by atoms with Crippen molar-refractivity contribution in [2.75, 3.05) is 6.54 Å². The molecular weight excluding hydrogens is 344 g/mol. The van der Waals surface area contributed by atoms with E-state index in [1.165, 1.54) is 12.5 Å². The van der Waals surface area contributed by atoms with Crippen LogP contribution in [0.15, 0.2) is 71.6 Å². The van der Waals surface area contributed by atoms with Gasteiger partial charge in [0.1, 0.15) is 11.9 Å². The number of pyridine rings is 1. The first-order chi connectivity index (χ1) is 13.2. The summed E-state index contributed by atoms with van der Waals surface area (Å²) in [6.45, 7) is 0.663. The van der Waals surface area contributed by atoms with Crippen LogP contribution in [0.3, 0.4) is 0 Å². The van der Waals surface area contributed by atoms with E-state index < -0.39 is 6.10 Å². The third-order valence-electron chi connectivity index (χ3n) is 4.24. The molecule has 1 atom stereocenters. The number of amides is 1. The van der Waals surface area contributed by atoms with Crippen LogP contribution in [0.2, 0.25) is 0 Å². The number of nitrogens with one attached hydrogen (secondary N) is 1. The molecule has 3 heterocycles. The average molecular weight is 362 g/mol. The second-order valence-corrected chi connectivity index (χ2v) is 6.17. The Hall–Kier alpha value is -3.45. The fourth-order valence-electron chi connectivity index (χ4n) is 2.84. The predicted octanol–water partition coefficient (Wildman–Crippen LogP) is 2.54. The summed E-state index contributed by atoms with van der Waals surface area (Å²) >= 11 is 0. The largest absolute Gasteiger partial charge is 0.467 e. The summed E-state index contributed by atoms with van der Waals surface area (Å²) < 4.78 is 6.92. The number of aliphatic hydroxyl groups is 1. The third-order valence-corrected chi connectivity index (χ3v) is 4.24. The lowest BCUT2D eigenvalue weighted by Gasteiger charge is -2.09. The fraction of sp³-hybridized carbons (Fsp3) is 0.150. The highest BCUT2D eigenvalue weighted by Crippen LogP contribution is 2.15. The Morgan fingerprint density at radius 2 is 2.04 bits per heavy atom. The minimum absolute atomic E-state index is 0.0532. The van der Waals surface area contributed by atoms with E-state index >= 15 is 0 Å². The van der Waals surface area contributed by atoms with Gasteiger partial charge in [0.05, 0.1) is 31.1 Å². The molecule has 0 bridgehead atoms. The molecule has 0 radical (unpaired) electrons. The molecule has 3 aromatic heterocycles. The van der Waals surface area contributed by atoms with Gasteiger partial charge in [0.15, 0.2) is 5.65 Å². The van der Waals surface area contributed by atoms with Crippen LogP contribution < -0.4 is 5.32 Å². The standard InChI is InChI=1S/C20H18N4O3/c25-17(18-7-4-8-27-18)12-22-20(26)16-9-15-11-23-24(19(15)21-10-16)13-14-5-2-1-3-6-14/h1-11,17,25H,12-13H2,(H,22,26). The average Bonchev–Trinajstić information content (AvgIpc) is 3.37. The molecule has 0 aliphatic rings. The number of aliphatic hydroxyl groups excluding tert-OH is 1. The van der Waals surface area contributed by atoms with E-state index in [0.717, 1.165) is 10.9 Å². The molecule has 0 fully saturated rings. The quantitative estimate of drug-likeness (QED) is 0.550. The van der Waals surface area contributed by atoms with Crippen LogP contribution in [0.1, 0.15) is 27.8 Å². The van der Waals surface area contributed by atoms with Crippen molar-refractivity contribution in [1.29, 1.82) is 0 Å². The van der Waals surface area contributed by atoms with Gasteiger partial charge in [-0.15, -0.1) is 0 Å². The number of aromatic nitrogens is 3. The topological polar surface area (TPSA) is 93.2 Å². The Morgan fingerprint density at radius 1 is 1.19 bits per heavy atom. The molecule has 7 nitrogen and oxygen atoms in total. The summed E-state index contributed by atoms with van der Waals surface area (Å²) in [6, 6.07) is 15.1. The van der Waals surface area contributed by atoms with Crippen molar-refractivity contribution in [3.8, 4) is 0 Å². The Bertz CT molecular complexity index is 1040. The second kappa shape index (κ2) is 7.43. The molecule has 27 heavy (non-hydrogen) atoms. The maximum Gasteiger partial charge on any atom is 0.252 e. The normalized spacial score (nSPS) is 12.2. The first kappa shape index (κ1) is 17.0. The number of fused-ring (bicyclic) bond motifs is 1. The van der Waals surface area contributed by atoms with E-state index in [4.69, 9.17) is 4.42 Å². The van der Waals surface area contributed by atoms with E-state index in [-0.39, 0.29) is 12.5 Å². The van der Waals surface area contributed by atoms with E-state index in [0.29, 0.717) is 23.5 Å². The Balaban J connectivity index is 1.46. The number of carbonyl (C=O) groups is 1. The van der Waals surface area contributed by atoms with Crippen molar-refractivity contribution < 1.29 is 14.3 Å². The number of nitrogens with zero attached hydrogens (tertiary/aromatic N) is 3. The molecule has 0 saturated carbocycles. The number of furan rings is 1. The molecule has 7 heteroatoms. The number of hydrogen-bond donors (Lipinski definition) is 2. The zero-order valence-corrected chi connectivity index (χ0v) is 14.4. The molecule has 4 rings (SSSR count). The number of hydrogen-bond acceptors (Lipinski definition) is 5. The molecule has 0 saturated heterocycles.